The van der Waals surface area contributed by atoms with Crippen molar-refractivity contribution in [2.75, 3.05) is 11.9 Å². The number of hydrogen-bond donors (Lipinski definition) is 2. The summed E-state index contributed by atoms with van der Waals surface area (Å²) in [6.45, 7) is 0.859. The predicted molar refractivity (Wildman–Crippen MR) is 106 cm³/mol. The van der Waals surface area contributed by atoms with E-state index in [1.165, 1.54) is 17.7 Å². The van der Waals surface area contributed by atoms with Crippen LogP contribution in [0.1, 0.15) is 35.6 Å². The number of anilines is 1. The molecule has 162 valence electrons. The first-order valence-corrected chi connectivity index (χ1v) is 9.82. The Bertz CT molecular complexity index is 1080. The van der Waals surface area contributed by atoms with Gasteiger partial charge in [-0.2, -0.15) is 13.2 Å². The van der Waals surface area contributed by atoms with E-state index in [9.17, 15) is 27.6 Å². The molecule has 0 saturated carbocycles. The molecular formula is C22H20F3N3O3. The second kappa shape index (κ2) is 7.40. The summed E-state index contributed by atoms with van der Waals surface area (Å²) < 4.78 is 39.4. The van der Waals surface area contributed by atoms with E-state index in [1.807, 2.05) is 12.1 Å². The van der Waals surface area contributed by atoms with E-state index in [2.05, 4.69) is 10.6 Å². The minimum Gasteiger partial charge on any atom is -0.324 e. The van der Waals surface area contributed by atoms with E-state index in [1.54, 1.807) is 13.0 Å². The number of imide groups is 1. The van der Waals surface area contributed by atoms with E-state index in [0.717, 1.165) is 41.9 Å². The molecule has 2 aromatic carbocycles. The van der Waals surface area contributed by atoms with Gasteiger partial charge in [0.1, 0.15) is 12.1 Å². The Kier molecular flexibility index (Phi) is 4.99. The number of urea groups is 1. The molecule has 1 saturated heterocycles. The third-order valence-electron chi connectivity index (χ3n) is 5.76. The van der Waals surface area contributed by atoms with Crippen LogP contribution in [-0.4, -0.2) is 29.3 Å². The number of nitrogens with one attached hydrogen (secondary N) is 2. The average molecular weight is 431 g/mol. The summed E-state index contributed by atoms with van der Waals surface area (Å²) in [5, 5.41) is 4.77. The SMILES string of the molecule is CC1(c2ccc3c(c2)CCC3)NC(=O)N(CC(=O)Nc2ccccc2C(F)(F)F)C1=O. The molecule has 4 amide bonds. The van der Waals surface area contributed by atoms with Crippen molar-refractivity contribution in [2.24, 2.45) is 0 Å². The van der Waals surface area contributed by atoms with Crippen LogP contribution in [-0.2, 0) is 34.1 Å². The summed E-state index contributed by atoms with van der Waals surface area (Å²) in [5.74, 6) is -1.53. The van der Waals surface area contributed by atoms with E-state index < -0.39 is 47.4 Å². The van der Waals surface area contributed by atoms with Crippen molar-refractivity contribution in [3.05, 3.63) is 64.7 Å². The topological polar surface area (TPSA) is 78.5 Å². The highest BCUT2D eigenvalue weighted by Gasteiger charge is 2.49. The molecule has 0 spiro atoms. The van der Waals surface area contributed by atoms with Gasteiger partial charge in [-0.05, 0) is 55.0 Å². The Hall–Kier alpha value is -3.36. The fourth-order valence-corrected chi connectivity index (χ4v) is 4.09. The fraction of sp³-hybridized carbons (Fsp3) is 0.318. The largest absolute Gasteiger partial charge is 0.418 e. The Morgan fingerprint density at radius 3 is 2.58 bits per heavy atom. The number of nitrogens with zero attached hydrogens (tertiary/aromatic N) is 1. The molecule has 1 fully saturated rings. The van der Waals surface area contributed by atoms with Gasteiger partial charge in [0.2, 0.25) is 5.91 Å². The zero-order valence-corrected chi connectivity index (χ0v) is 16.7. The summed E-state index contributed by atoms with van der Waals surface area (Å²) in [7, 11) is 0. The monoisotopic (exact) mass is 431 g/mol. The number of carbonyl (C=O) groups is 3. The molecule has 0 aromatic heterocycles. The third kappa shape index (κ3) is 3.75. The number of alkyl halides is 3. The fourth-order valence-electron chi connectivity index (χ4n) is 4.09. The maximum absolute atomic E-state index is 13.1. The molecule has 9 heteroatoms. The van der Waals surface area contributed by atoms with Crippen LogP contribution in [0.4, 0.5) is 23.7 Å². The van der Waals surface area contributed by atoms with E-state index in [-0.39, 0.29) is 0 Å². The predicted octanol–water partition coefficient (Wildman–Crippen LogP) is 3.60. The molecule has 6 nitrogen and oxygen atoms in total. The highest BCUT2D eigenvalue weighted by molar-refractivity contribution is 6.10. The van der Waals surface area contributed by atoms with Crippen LogP contribution in [0.3, 0.4) is 0 Å². The molecular weight excluding hydrogens is 411 g/mol. The molecule has 4 rings (SSSR count). The molecule has 1 atom stereocenters. The zero-order chi connectivity index (χ0) is 22.4. The zero-order valence-electron chi connectivity index (χ0n) is 16.7. The van der Waals surface area contributed by atoms with Crippen LogP contribution in [0, 0.1) is 0 Å². The number of aryl methyl sites for hydroxylation is 2. The van der Waals surface area contributed by atoms with Crippen LogP contribution >= 0.6 is 0 Å². The van der Waals surface area contributed by atoms with Gasteiger partial charge < -0.3 is 10.6 Å². The van der Waals surface area contributed by atoms with Crippen LogP contribution in [0.25, 0.3) is 0 Å². The highest BCUT2D eigenvalue weighted by atomic mass is 19.4. The summed E-state index contributed by atoms with van der Waals surface area (Å²) in [6, 6.07) is 9.35. The molecule has 1 unspecified atom stereocenters. The van der Waals surface area contributed by atoms with E-state index >= 15 is 0 Å². The summed E-state index contributed by atoms with van der Waals surface area (Å²) >= 11 is 0. The van der Waals surface area contributed by atoms with Crippen LogP contribution in [0.15, 0.2) is 42.5 Å². The minimum atomic E-state index is -4.66. The third-order valence-corrected chi connectivity index (χ3v) is 5.76. The molecule has 2 aliphatic rings. The van der Waals surface area contributed by atoms with Gasteiger partial charge in [0.15, 0.2) is 0 Å². The first-order chi connectivity index (χ1) is 14.6. The molecule has 0 radical (unpaired) electrons. The normalized spacial score (nSPS) is 20.6. The van der Waals surface area contributed by atoms with Crippen molar-refractivity contribution in [1.82, 2.24) is 10.2 Å². The summed E-state index contributed by atoms with van der Waals surface area (Å²) in [4.78, 5) is 38.6. The van der Waals surface area contributed by atoms with E-state index in [4.69, 9.17) is 0 Å². The lowest BCUT2D eigenvalue weighted by Gasteiger charge is -2.23. The lowest BCUT2D eigenvalue weighted by Crippen LogP contribution is -2.42. The van der Waals surface area contributed by atoms with Gasteiger partial charge in [0, 0.05) is 0 Å². The average Bonchev–Trinajstić information content (AvgIpc) is 3.26. The van der Waals surface area contributed by atoms with E-state index in [0.29, 0.717) is 5.56 Å². The van der Waals surface area contributed by atoms with Crippen LogP contribution < -0.4 is 10.6 Å². The molecule has 0 bridgehead atoms. The highest BCUT2D eigenvalue weighted by Crippen LogP contribution is 2.35. The summed E-state index contributed by atoms with van der Waals surface area (Å²) in [6.07, 6.45) is -1.76. The maximum atomic E-state index is 13.1. The number of rotatable bonds is 4. The minimum absolute atomic E-state index is 0.437. The second-order valence-corrected chi connectivity index (χ2v) is 7.88. The van der Waals surface area contributed by atoms with Crippen molar-refractivity contribution in [3.63, 3.8) is 0 Å². The number of benzene rings is 2. The summed E-state index contributed by atoms with van der Waals surface area (Å²) in [5.41, 5.74) is 0.150. The van der Waals surface area contributed by atoms with Crippen molar-refractivity contribution in [1.29, 1.82) is 0 Å². The van der Waals surface area contributed by atoms with Crippen LogP contribution in [0.5, 0.6) is 0 Å². The lowest BCUT2D eigenvalue weighted by molar-refractivity contribution is -0.137. The lowest BCUT2D eigenvalue weighted by atomic mass is 9.89. The quantitative estimate of drug-likeness (QED) is 0.727. The van der Waals surface area contributed by atoms with Crippen molar-refractivity contribution in [3.8, 4) is 0 Å². The van der Waals surface area contributed by atoms with Gasteiger partial charge in [-0.1, -0.05) is 30.3 Å². The van der Waals surface area contributed by atoms with Gasteiger partial charge in [-0.3, -0.25) is 14.5 Å². The van der Waals surface area contributed by atoms with Gasteiger partial charge in [0.25, 0.3) is 5.91 Å². The number of hydrogen-bond acceptors (Lipinski definition) is 3. The standard InChI is InChI=1S/C22H20F3N3O3/c1-21(15-10-9-13-5-4-6-14(13)11-15)19(30)28(20(31)27-21)12-18(29)26-17-8-3-2-7-16(17)22(23,24)25/h2-3,7-11H,4-6,12H2,1H3,(H,26,29)(H,27,31). The Morgan fingerprint density at radius 2 is 1.84 bits per heavy atom. The molecule has 2 N–H and O–H groups in total. The number of amides is 4. The number of halogens is 3. The van der Waals surface area contributed by atoms with Crippen molar-refractivity contribution >= 4 is 23.5 Å². The van der Waals surface area contributed by atoms with Crippen molar-refractivity contribution in [2.45, 2.75) is 37.9 Å². The van der Waals surface area contributed by atoms with Crippen LogP contribution in [0.2, 0.25) is 0 Å². The first kappa shape index (κ1) is 20.9. The van der Waals surface area contributed by atoms with Gasteiger partial charge in [0.05, 0.1) is 11.3 Å². The maximum Gasteiger partial charge on any atom is 0.418 e. The Balaban J connectivity index is 1.52. The second-order valence-electron chi connectivity index (χ2n) is 7.88. The Labute approximate surface area is 176 Å². The first-order valence-electron chi connectivity index (χ1n) is 9.82. The van der Waals surface area contributed by atoms with Crippen molar-refractivity contribution < 1.29 is 27.6 Å². The van der Waals surface area contributed by atoms with Gasteiger partial charge in [-0.15, -0.1) is 0 Å². The number of para-hydroxylation sites is 1. The number of fused-ring (bicyclic) bond motifs is 1. The van der Waals surface area contributed by atoms with Gasteiger partial charge >= 0.3 is 12.2 Å². The Morgan fingerprint density at radius 1 is 1.13 bits per heavy atom. The van der Waals surface area contributed by atoms with Gasteiger partial charge in [-0.25, -0.2) is 4.79 Å². The molecule has 2 aromatic rings. The molecule has 1 aliphatic carbocycles. The number of carbonyl (C=O) groups excluding carboxylic acids is 3. The smallest absolute Gasteiger partial charge is 0.324 e. The molecule has 31 heavy (non-hydrogen) atoms. The molecule has 1 heterocycles. The molecule has 1 aliphatic heterocycles.